The number of phenolic OH excluding ortho intramolecular Hbond substituents is 1. The molecule has 0 saturated heterocycles. The van der Waals surface area contributed by atoms with Crippen LogP contribution in [0.25, 0.3) is 17.1 Å². The second-order valence-corrected chi connectivity index (χ2v) is 6.71. The number of hydrogen-bond acceptors (Lipinski definition) is 4. The number of imidazole rings is 1. The normalized spacial score (nSPS) is 11.6. The van der Waals surface area contributed by atoms with Crippen LogP contribution in [0.2, 0.25) is 0 Å². The molecule has 9 heteroatoms. The van der Waals surface area contributed by atoms with Crippen LogP contribution in [-0.4, -0.2) is 30.8 Å². The van der Waals surface area contributed by atoms with E-state index in [4.69, 9.17) is 0 Å². The van der Waals surface area contributed by atoms with Gasteiger partial charge >= 0.3 is 6.36 Å². The Morgan fingerprint density at radius 2 is 1.80 bits per heavy atom. The van der Waals surface area contributed by atoms with Crippen molar-refractivity contribution in [2.24, 2.45) is 0 Å². The van der Waals surface area contributed by atoms with Crippen LogP contribution in [0.1, 0.15) is 11.3 Å². The van der Waals surface area contributed by atoms with Crippen molar-refractivity contribution in [1.29, 1.82) is 0 Å². The molecule has 0 amide bonds. The van der Waals surface area contributed by atoms with Crippen molar-refractivity contribution in [3.63, 3.8) is 0 Å². The van der Waals surface area contributed by atoms with Gasteiger partial charge in [0.05, 0.1) is 12.9 Å². The highest BCUT2D eigenvalue weighted by molar-refractivity contribution is 5.54. The molecule has 6 nitrogen and oxygen atoms in total. The lowest BCUT2D eigenvalue weighted by molar-refractivity contribution is -0.274. The summed E-state index contributed by atoms with van der Waals surface area (Å²) in [5.41, 5.74) is 3.78. The maximum atomic E-state index is 12.3. The molecule has 0 aliphatic heterocycles. The Balaban J connectivity index is 1.53. The van der Waals surface area contributed by atoms with Crippen LogP contribution in [0.5, 0.6) is 11.5 Å². The number of nitrogens with zero attached hydrogens (tertiary/aromatic N) is 4. The van der Waals surface area contributed by atoms with Gasteiger partial charge in [-0.15, -0.1) is 13.2 Å². The van der Waals surface area contributed by atoms with Gasteiger partial charge in [-0.05, 0) is 55.0 Å². The quantitative estimate of drug-likeness (QED) is 0.514. The molecule has 4 aromatic rings. The van der Waals surface area contributed by atoms with Crippen molar-refractivity contribution in [1.82, 2.24) is 19.3 Å². The zero-order valence-corrected chi connectivity index (χ0v) is 15.8. The summed E-state index contributed by atoms with van der Waals surface area (Å²) in [4.78, 5) is 4.36. The standard InChI is InChI=1S/C21H17F3N4O2/c1-14-9-19(26-28(14)11-15-3-2-4-17(29)10-15)20-12-27(13-25-20)16-5-7-18(8-6-16)30-21(22,23)24/h2-10,12-13,29H,11H2,1H3. The van der Waals surface area contributed by atoms with Crippen molar-refractivity contribution in [2.75, 3.05) is 0 Å². The molecule has 0 fully saturated rings. The molecule has 2 aromatic heterocycles. The Morgan fingerprint density at radius 3 is 2.50 bits per heavy atom. The SMILES string of the molecule is Cc1cc(-c2cn(-c3ccc(OC(F)(F)F)cc3)cn2)nn1Cc1cccc(O)c1. The second-order valence-electron chi connectivity index (χ2n) is 6.71. The summed E-state index contributed by atoms with van der Waals surface area (Å²) in [6.45, 7) is 2.43. The van der Waals surface area contributed by atoms with Crippen molar-refractivity contribution in [3.05, 3.63) is 78.4 Å². The van der Waals surface area contributed by atoms with E-state index in [9.17, 15) is 18.3 Å². The lowest BCUT2D eigenvalue weighted by atomic mass is 10.2. The molecule has 0 spiro atoms. The molecule has 0 bridgehead atoms. The maximum absolute atomic E-state index is 12.3. The minimum Gasteiger partial charge on any atom is -0.508 e. The van der Waals surface area contributed by atoms with Gasteiger partial charge in [0.25, 0.3) is 0 Å². The summed E-state index contributed by atoms with van der Waals surface area (Å²) in [5.74, 6) is -0.0872. The summed E-state index contributed by atoms with van der Waals surface area (Å²) < 4.78 is 44.3. The van der Waals surface area contributed by atoms with Crippen LogP contribution < -0.4 is 4.74 Å². The first-order valence-electron chi connectivity index (χ1n) is 9.00. The number of rotatable bonds is 5. The van der Waals surface area contributed by atoms with E-state index in [0.717, 1.165) is 11.3 Å². The zero-order valence-electron chi connectivity index (χ0n) is 15.8. The van der Waals surface area contributed by atoms with Crippen LogP contribution in [0.3, 0.4) is 0 Å². The summed E-state index contributed by atoms with van der Waals surface area (Å²) in [5, 5.41) is 14.2. The van der Waals surface area contributed by atoms with E-state index < -0.39 is 6.36 Å². The third kappa shape index (κ3) is 4.45. The number of aromatic hydroxyl groups is 1. The Bertz CT molecular complexity index is 1160. The number of hydrogen-bond donors (Lipinski definition) is 1. The molecule has 30 heavy (non-hydrogen) atoms. The third-order valence-electron chi connectivity index (χ3n) is 4.44. The Morgan fingerprint density at radius 1 is 1.03 bits per heavy atom. The highest BCUT2D eigenvalue weighted by Crippen LogP contribution is 2.25. The monoisotopic (exact) mass is 414 g/mol. The average molecular weight is 414 g/mol. The fourth-order valence-corrected chi connectivity index (χ4v) is 3.04. The first-order chi connectivity index (χ1) is 14.3. The topological polar surface area (TPSA) is 65.1 Å². The smallest absolute Gasteiger partial charge is 0.508 e. The molecular weight excluding hydrogens is 397 g/mol. The average Bonchev–Trinajstić information content (AvgIpc) is 3.29. The van der Waals surface area contributed by atoms with Gasteiger partial charge in [0.2, 0.25) is 0 Å². The van der Waals surface area contributed by atoms with Gasteiger partial charge in [-0.25, -0.2) is 4.98 Å². The minimum absolute atomic E-state index is 0.197. The largest absolute Gasteiger partial charge is 0.573 e. The molecular formula is C21H17F3N4O2. The van der Waals surface area contributed by atoms with E-state index in [1.54, 1.807) is 35.3 Å². The molecule has 1 N–H and O–H groups in total. The first-order valence-corrected chi connectivity index (χ1v) is 9.00. The molecule has 0 saturated carbocycles. The maximum Gasteiger partial charge on any atom is 0.573 e. The van der Waals surface area contributed by atoms with E-state index in [2.05, 4.69) is 14.8 Å². The van der Waals surface area contributed by atoms with E-state index in [1.807, 2.05) is 23.7 Å². The Kier molecular flexibility index (Phi) is 4.94. The van der Waals surface area contributed by atoms with Crippen LogP contribution in [0, 0.1) is 6.92 Å². The lowest BCUT2D eigenvalue weighted by Crippen LogP contribution is -2.17. The van der Waals surface area contributed by atoms with Crippen molar-refractivity contribution < 1.29 is 23.0 Å². The minimum atomic E-state index is -4.72. The number of halogens is 3. The highest BCUT2D eigenvalue weighted by atomic mass is 19.4. The molecule has 2 heterocycles. The van der Waals surface area contributed by atoms with Crippen molar-refractivity contribution in [3.8, 4) is 28.6 Å². The number of phenols is 1. The molecule has 0 aliphatic rings. The van der Waals surface area contributed by atoms with Gasteiger partial charge in [0.1, 0.15) is 22.9 Å². The predicted molar refractivity (Wildman–Crippen MR) is 103 cm³/mol. The Hall–Kier alpha value is -3.75. The second kappa shape index (κ2) is 7.58. The summed E-state index contributed by atoms with van der Waals surface area (Å²) in [6, 6.07) is 14.4. The van der Waals surface area contributed by atoms with Gasteiger partial charge < -0.3 is 14.4 Å². The molecule has 0 atom stereocenters. The fraction of sp³-hybridized carbons (Fsp3) is 0.143. The van der Waals surface area contributed by atoms with E-state index >= 15 is 0 Å². The van der Waals surface area contributed by atoms with Gasteiger partial charge in [-0.3, -0.25) is 4.68 Å². The number of aromatic nitrogens is 4. The third-order valence-corrected chi connectivity index (χ3v) is 4.44. The fourth-order valence-electron chi connectivity index (χ4n) is 3.04. The van der Waals surface area contributed by atoms with Crippen LogP contribution in [0.4, 0.5) is 13.2 Å². The van der Waals surface area contributed by atoms with E-state index in [-0.39, 0.29) is 11.5 Å². The van der Waals surface area contributed by atoms with Crippen molar-refractivity contribution >= 4 is 0 Å². The van der Waals surface area contributed by atoms with Gasteiger partial charge in [0, 0.05) is 17.6 Å². The van der Waals surface area contributed by atoms with Gasteiger partial charge in [-0.2, -0.15) is 5.10 Å². The highest BCUT2D eigenvalue weighted by Gasteiger charge is 2.31. The van der Waals surface area contributed by atoms with Gasteiger partial charge in [0.15, 0.2) is 0 Å². The number of benzene rings is 2. The molecule has 0 aliphatic carbocycles. The van der Waals surface area contributed by atoms with E-state index in [1.165, 1.54) is 24.3 Å². The number of alkyl halides is 3. The molecule has 2 aromatic carbocycles. The molecule has 154 valence electrons. The predicted octanol–water partition coefficient (Wildman–Crippen LogP) is 4.70. The van der Waals surface area contributed by atoms with Crippen LogP contribution >= 0.6 is 0 Å². The molecule has 0 unspecified atom stereocenters. The first kappa shape index (κ1) is 19.6. The van der Waals surface area contributed by atoms with E-state index in [0.29, 0.717) is 23.6 Å². The van der Waals surface area contributed by atoms with Crippen molar-refractivity contribution in [2.45, 2.75) is 19.8 Å². The van der Waals surface area contributed by atoms with Gasteiger partial charge in [-0.1, -0.05) is 12.1 Å². The number of aryl methyl sites for hydroxylation is 1. The molecule has 4 rings (SSSR count). The summed E-state index contributed by atoms with van der Waals surface area (Å²) in [7, 11) is 0. The summed E-state index contributed by atoms with van der Waals surface area (Å²) in [6.07, 6.45) is -1.41. The number of ether oxygens (including phenoxy) is 1. The van der Waals surface area contributed by atoms with Crippen LogP contribution in [0.15, 0.2) is 67.1 Å². The van der Waals surface area contributed by atoms with Crippen LogP contribution in [-0.2, 0) is 6.54 Å². The summed E-state index contributed by atoms with van der Waals surface area (Å²) >= 11 is 0. The zero-order chi connectivity index (χ0) is 21.3. The Labute approximate surface area is 169 Å². The lowest BCUT2D eigenvalue weighted by Gasteiger charge is -2.09. The molecule has 0 radical (unpaired) electrons.